The highest BCUT2D eigenvalue weighted by atomic mass is 16.7. The molecule has 1 radical (unpaired) electrons. The van der Waals surface area contributed by atoms with E-state index in [1.54, 1.807) is 6.41 Å². The summed E-state index contributed by atoms with van der Waals surface area (Å²) in [5, 5.41) is 1.02. The molecule has 0 N–H and O–H groups in total. The third kappa shape index (κ3) is 2.72. The molecule has 63 valence electrons. The van der Waals surface area contributed by atoms with E-state index < -0.39 is 0 Å². The second-order valence-electron chi connectivity index (χ2n) is 2.35. The smallest absolute Gasteiger partial charge is 0.266 e. The summed E-state index contributed by atoms with van der Waals surface area (Å²) in [5.74, 6) is 0. The maximum atomic E-state index is 10.0. The molecule has 0 aliphatic heterocycles. The number of amides is 1. The number of hydroxylamine groups is 2. The van der Waals surface area contributed by atoms with Crippen molar-refractivity contribution in [3.63, 3.8) is 0 Å². The third-order valence-corrected chi connectivity index (χ3v) is 1.40. The summed E-state index contributed by atoms with van der Waals surface area (Å²) in [6.07, 6.45) is 1.60. The van der Waals surface area contributed by atoms with Crippen molar-refractivity contribution >= 4 is 6.41 Å². The Morgan fingerprint density at radius 3 is 2.67 bits per heavy atom. The number of hydrogen-bond donors (Lipinski definition) is 0. The Bertz CT molecular complexity index is 236. The van der Waals surface area contributed by atoms with E-state index in [0.717, 1.165) is 10.6 Å². The van der Waals surface area contributed by atoms with Crippen LogP contribution in [0.4, 0.5) is 0 Å². The van der Waals surface area contributed by atoms with Crippen LogP contribution in [-0.2, 0) is 16.2 Å². The first-order valence-electron chi connectivity index (χ1n) is 3.61. The number of hydrogen-bond acceptors (Lipinski definition) is 2. The van der Waals surface area contributed by atoms with Gasteiger partial charge in [0.2, 0.25) is 0 Å². The highest BCUT2D eigenvalue weighted by Crippen LogP contribution is 2.00. The zero-order valence-electron chi connectivity index (χ0n) is 6.86. The Labute approximate surface area is 71.5 Å². The molecule has 0 atom stereocenters. The second kappa shape index (κ2) is 4.51. The van der Waals surface area contributed by atoms with Crippen LogP contribution in [0.15, 0.2) is 30.3 Å². The van der Waals surface area contributed by atoms with Gasteiger partial charge in [0.15, 0.2) is 0 Å². The minimum Gasteiger partial charge on any atom is -0.266 e. The van der Waals surface area contributed by atoms with Crippen molar-refractivity contribution in [1.82, 2.24) is 5.06 Å². The quantitative estimate of drug-likeness (QED) is 0.493. The molecule has 0 aliphatic carbocycles. The SMILES string of the molecule is CN([C]=O)OCc1ccccc1. The van der Waals surface area contributed by atoms with E-state index in [0.29, 0.717) is 6.61 Å². The van der Waals surface area contributed by atoms with Crippen LogP contribution < -0.4 is 0 Å². The van der Waals surface area contributed by atoms with Gasteiger partial charge in [-0.3, -0.25) is 9.63 Å². The number of carbonyl (C=O) groups excluding carboxylic acids is 1. The first-order chi connectivity index (χ1) is 5.83. The van der Waals surface area contributed by atoms with E-state index in [2.05, 4.69) is 0 Å². The summed E-state index contributed by atoms with van der Waals surface area (Å²) < 4.78 is 0. The zero-order valence-corrected chi connectivity index (χ0v) is 6.86. The van der Waals surface area contributed by atoms with Gasteiger partial charge in [0.05, 0.1) is 0 Å². The molecular weight excluding hydrogens is 154 g/mol. The van der Waals surface area contributed by atoms with Gasteiger partial charge in [-0.25, -0.2) is 5.06 Å². The van der Waals surface area contributed by atoms with Crippen LogP contribution in [0.3, 0.4) is 0 Å². The molecule has 0 aromatic heterocycles. The van der Waals surface area contributed by atoms with E-state index in [-0.39, 0.29) is 0 Å². The highest BCUT2D eigenvalue weighted by Gasteiger charge is 1.95. The summed E-state index contributed by atoms with van der Waals surface area (Å²) in [6, 6.07) is 9.63. The van der Waals surface area contributed by atoms with Crippen molar-refractivity contribution in [2.45, 2.75) is 6.61 Å². The van der Waals surface area contributed by atoms with Crippen LogP contribution in [0.5, 0.6) is 0 Å². The van der Waals surface area contributed by atoms with Crippen LogP contribution >= 0.6 is 0 Å². The molecule has 1 aromatic carbocycles. The number of nitrogens with zero attached hydrogens (tertiary/aromatic N) is 1. The first-order valence-corrected chi connectivity index (χ1v) is 3.61. The lowest BCUT2D eigenvalue weighted by atomic mass is 10.2. The van der Waals surface area contributed by atoms with E-state index in [9.17, 15) is 4.79 Å². The summed E-state index contributed by atoms with van der Waals surface area (Å²) in [4.78, 5) is 15.0. The molecule has 0 saturated heterocycles. The molecule has 0 fully saturated rings. The molecular formula is C9H10NO2. The van der Waals surface area contributed by atoms with E-state index in [4.69, 9.17) is 4.84 Å². The monoisotopic (exact) mass is 164 g/mol. The molecule has 1 rings (SSSR count). The number of rotatable bonds is 4. The average Bonchev–Trinajstić information content (AvgIpc) is 2.16. The Balaban J connectivity index is 2.38. The van der Waals surface area contributed by atoms with Gasteiger partial charge in [-0.05, 0) is 5.56 Å². The molecule has 0 spiro atoms. The maximum Gasteiger partial charge on any atom is 0.337 e. The Hall–Kier alpha value is -1.35. The Morgan fingerprint density at radius 2 is 2.08 bits per heavy atom. The lowest BCUT2D eigenvalue weighted by Crippen LogP contribution is -2.15. The van der Waals surface area contributed by atoms with Crippen molar-refractivity contribution in [2.75, 3.05) is 7.05 Å². The largest absolute Gasteiger partial charge is 0.337 e. The van der Waals surface area contributed by atoms with E-state index in [1.165, 1.54) is 7.05 Å². The Kier molecular flexibility index (Phi) is 3.29. The first kappa shape index (κ1) is 8.74. The van der Waals surface area contributed by atoms with Crippen LogP contribution in [0.1, 0.15) is 5.56 Å². The van der Waals surface area contributed by atoms with Gasteiger partial charge in [0.25, 0.3) is 0 Å². The molecule has 0 saturated carbocycles. The molecule has 0 bridgehead atoms. The van der Waals surface area contributed by atoms with Crippen molar-refractivity contribution in [3.05, 3.63) is 35.9 Å². The van der Waals surface area contributed by atoms with Crippen LogP contribution in [0.2, 0.25) is 0 Å². The van der Waals surface area contributed by atoms with Gasteiger partial charge >= 0.3 is 6.41 Å². The summed E-state index contributed by atoms with van der Waals surface area (Å²) in [5.41, 5.74) is 1.03. The Morgan fingerprint density at radius 1 is 1.42 bits per heavy atom. The van der Waals surface area contributed by atoms with Crippen LogP contribution in [-0.4, -0.2) is 18.5 Å². The summed E-state index contributed by atoms with van der Waals surface area (Å²) >= 11 is 0. The fraction of sp³-hybridized carbons (Fsp3) is 0.222. The fourth-order valence-electron chi connectivity index (χ4n) is 0.772. The highest BCUT2D eigenvalue weighted by molar-refractivity contribution is 5.45. The molecule has 0 aliphatic rings. The van der Waals surface area contributed by atoms with Crippen molar-refractivity contribution in [3.8, 4) is 0 Å². The standard InChI is InChI=1S/C9H10NO2/c1-10(8-11)12-7-9-5-3-2-4-6-9/h2-6H,7H2,1H3. The maximum absolute atomic E-state index is 10.0. The van der Waals surface area contributed by atoms with E-state index >= 15 is 0 Å². The third-order valence-electron chi connectivity index (χ3n) is 1.40. The van der Waals surface area contributed by atoms with Gasteiger partial charge in [-0.1, -0.05) is 30.3 Å². The van der Waals surface area contributed by atoms with E-state index in [1.807, 2.05) is 30.3 Å². The predicted octanol–water partition coefficient (Wildman–Crippen LogP) is 1.12. The minimum atomic E-state index is 0.395. The molecule has 0 heterocycles. The topological polar surface area (TPSA) is 29.5 Å². The van der Waals surface area contributed by atoms with Crippen LogP contribution in [0.25, 0.3) is 0 Å². The fourth-order valence-corrected chi connectivity index (χ4v) is 0.772. The molecule has 1 aromatic rings. The van der Waals surface area contributed by atoms with Gasteiger partial charge in [0.1, 0.15) is 6.61 Å². The average molecular weight is 164 g/mol. The van der Waals surface area contributed by atoms with Gasteiger partial charge in [0, 0.05) is 7.05 Å². The second-order valence-corrected chi connectivity index (χ2v) is 2.35. The minimum absolute atomic E-state index is 0.395. The number of benzene rings is 1. The van der Waals surface area contributed by atoms with Crippen molar-refractivity contribution < 1.29 is 9.63 Å². The van der Waals surface area contributed by atoms with Gasteiger partial charge < -0.3 is 0 Å². The summed E-state index contributed by atoms with van der Waals surface area (Å²) in [6.45, 7) is 0.395. The molecule has 12 heavy (non-hydrogen) atoms. The molecule has 0 unspecified atom stereocenters. The van der Waals surface area contributed by atoms with Crippen LogP contribution in [0, 0.1) is 0 Å². The lowest BCUT2D eigenvalue weighted by Gasteiger charge is -2.08. The van der Waals surface area contributed by atoms with Gasteiger partial charge in [-0.15, -0.1) is 0 Å². The van der Waals surface area contributed by atoms with Gasteiger partial charge in [-0.2, -0.15) is 0 Å². The molecule has 1 amide bonds. The lowest BCUT2D eigenvalue weighted by molar-refractivity contribution is -0.0925. The summed E-state index contributed by atoms with van der Waals surface area (Å²) in [7, 11) is 1.51. The normalized spacial score (nSPS) is 9.42. The van der Waals surface area contributed by atoms with Crippen molar-refractivity contribution in [2.24, 2.45) is 0 Å². The molecule has 3 heteroatoms. The van der Waals surface area contributed by atoms with Crippen molar-refractivity contribution in [1.29, 1.82) is 0 Å². The zero-order chi connectivity index (χ0) is 8.81. The molecule has 3 nitrogen and oxygen atoms in total. The predicted molar refractivity (Wildman–Crippen MR) is 44.7 cm³/mol.